The van der Waals surface area contributed by atoms with Crippen LogP contribution in [0.5, 0.6) is 11.5 Å². The standard InChI is InChI=1S/C11H14ClNO3/c1-13-6-8(14)7-4-9(15-2)11(12)10(5-7)16-3/h4-5,13H,6H2,1-3H3. The Kier molecular flexibility index (Phi) is 4.58. The molecule has 1 aromatic carbocycles. The lowest BCUT2D eigenvalue weighted by atomic mass is 10.1. The molecule has 0 saturated carbocycles. The first-order valence-electron chi connectivity index (χ1n) is 4.73. The molecule has 0 spiro atoms. The molecule has 16 heavy (non-hydrogen) atoms. The van der Waals surface area contributed by atoms with Gasteiger partial charge in [0.2, 0.25) is 0 Å². The SMILES string of the molecule is CNCC(=O)c1cc(OC)c(Cl)c(OC)c1. The minimum atomic E-state index is -0.0456. The fourth-order valence-corrected chi connectivity index (χ4v) is 1.56. The summed E-state index contributed by atoms with van der Waals surface area (Å²) in [5, 5.41) is 3.16. The van der Waals surface area contributed by atoms with E-state index < -0.39 is 0 Å². The van der Waals surface area contributed by atoms with Gasteiger partial charge in [-0.2, -0.15) is 0 Å². The van der Waals surface area contributed by atoms with Crippen LogP contribution in [0.25, 0.3) is 0 Å². The van der Waals surface area contributed by atoms with Crippen molar-refractivity contribution in [1.82, 2.24) is 5.32 Å². The van der Waals surface area contributed by atoms with Crippen LogP contribution in [-0.4, -0.2) is 33.6 Å². The predicted molar refractivity (Wildman–Crippen MR) is 62.8 cm³/mol. The van der Waals surface area contributed by atoms with E-state index in [0.717, 1.165) is 0 Å². The van der Waals surface area contributed by atoms with E-state index >= 15 is 0 Å². The molecule has 0 atom stereocenters. The zero-order chi connectivity index (χ0) is 12.1. The summed E-state index contributed by atoms with van der Waals surface area (Å²) in [6.07, 6.45) is 0. The Morgan fingerprint density at radius 3 is 2.19 bits per heavy atom. The smallest absolute Gasteiger partial charge is 0.176 e. The molecular weight excluding hydrogens is 230 g/mol. The molecule has 0 heterocycles. The van der Waals surface area contributed by atoms with Crippen molar-refractivity contribution in [3.63, 3.8) is 0 Å². The van der Waals surface area contributed by atoms with Crippen LogP contribution < -0.4 is 14.8 Å². The molecule has 0 radical (unpaired) electrons. The molecule has 0 unspecified atom stereocenters. The average molecular weight is 244 g/mol. The summed E-state index contributed by atoms with van der Waals surface area (Å²) in [6.45, 7) is 0.258. The minimum absolute atomic E-state index is 0.0456. The Morgan fingerprint density at radius 1 is 1.31 bits per heavy atom. The van der Waals surface area contributed by atoms with Crippen molar-refractivity contribution in [2.45, 2.75) is 0 Å². The minimum Gasteiger partial charge on any atom is -0.495 e. The normalized spacial score (nSPS) is 10.0. The number of benzene rings is 1. The number of carbonyl (C=O) groups excluding carboxylic acids is 1. The molecule has 0 aliphatic rings. The van der Waals surface area contributed by atoms with Gasteiger partial charge >= 0.3 is 0 Å². The van der Waals surface area contributed by atoms with Crippen molar-refractivity contribution in [3.05, 3.63) is 22.7 Å². The lowest BCUT2D eigenvalue weighted by Gasteiger charge is -2.10. The van der Waals surface area contributed by atoms with Gasteiger partial charge in [-0.05, 0) is 19.2 Å². The lowest BCUT2D eigenvalue weighted by molar-refractivity contribution is 0.0993. The highest BCUT2D eigenvalue weighted by molar-refractivity contribution is 6.33. The van der Waals surface area contributed by atoms with Crippen molar-refractivity contribution < 1.29 is 14.3 Å². The zero-order valence-corrected chi connectivity index (χ0v) is 10.2. The molecule has 0 fully saturated rings. The van der Waals surface area contributed by atoms with E-state index in [1.807, 2.05) is 0 Å². The molecule has 0 aliphatic carbocycles. The molecule has 1 N–H and O–H groups in total. The molecule has 5 heteroatoms. The molecule has 1 rings (SSSR count). The second-order valence-electron chi connectivity index (χ2n) is 3.15. The Labute approximate surface area is 99.5 Å². The fraction of sp³-hybridized carbons (Fsp3) is 0.364. The zero-order valence-electron chi connectivity index (χ0n) is 9.46. The largest absolute Gasteiger partial charge is 0.495 e. The van der Waals surface area contributed by atoms with Gasteiger partial charge in [-0.1, -0.05) is 11.6 Å². The summed E-state index contributed by atoms with van der Waals surface area (Å²) in [6, 6.07) is 3.20. The summed E-state index contributed by atoms with van der Waals surface area (Å²) in [5.74, 6) is 0.816. The van der Waals surface area contributed by atoms with Crippen LogP contribution in [0.15, 0.2) is 12.1 Å². The van der Waals surface area contributed by atoms with Gasteiger partial charge in [-0.25, -0.2) is 0 Å². The summed E-state index contributed by atoms with van der Waals surface area (Å²) < 4.78 is 10.1. The summed E-state index contributed by atoms with van der Waals surface area (Å²) in [7, 11) is 4.70. The van der Waals surface area contributed by atoms with E-state index in [0.29, 0.717) is 22.1 Å². The maximum Gasteiger partial charge on any atom is 0.176 e. The van der Waals surface area contributed by atoms with Gasteiger partial charge in [-0.15, -0.1) is 0 Å². The Hall–Kier alpha value is -1.26. The molecule has 0 bridgehead atoms. The second-order valence-corrected chi connectivity index (χ2v) is 3.53. The molecule has 0 amide bonds. The number of ether oxygens (including phenoxy) is 2. The molecule has 1 aromatic rings. The van der Waals surface area contributed by atoms with Gasteiger partial charge in [0.1, 0.15) is 16.5 Å². The van der Waals surface area contributed by atoms with Gasteiger partial charge in [0.15, 0.2) is 5.78 Å². The van der Waals surface area contributed by atoms with Crippen LogP contribution >= 0.6 is 11.6 Å². The number of halogens is 1. The van der Waals surface area contributed by atoms with Crippen molar-refractivity contribution >= 4 is 17.4 Å². The van der Waals surface area contributed by atoms with Crippen LogP contribution in [0.1, 0.15) is 10.4 Å². The van der Waals surface area contributed by atoms with Gasteiger partial charge in [0.25, 0.3) is 0 Å². The summed E-state index contributed by atoms with van der Waals surface area (Å²) in [4.78, 5) is 11.7. The van der Waals surface area contributed by atoms with E-state index in [4.69, 9.17) is 21.1 Å². The first kappa shape index (κ1) is 12.8. The number of likely N-dealkylation sites (N-methyl/N-ethyl adjacent to an activating group) is 1. The summed E-state index contributed by atoms with van der Waals surface area (Å²) in [5.41, 5.74) is 0.507. The fourth-order valence-electron chi connectivity index (χ4n) is 1.29. The molecule has 4 nitrogen and oxygen atoms in total. The van der Waals surface area contributed by atoms with Crippen molar-refractivity contribution in [3.8, 4) is 11.5 Å². The van der Waals surface area contributed by atoms with E-state index in [1.54, 1.807) is 19.2 Å². The third-order valence-electron chi connectivity index (χ3n) is 2.10. The van der Waals surface area contributed by atoms with E-state index in [-0.39, 0.29) is 12.3 Å². The third-order valence-corrected chi connectivity index (χ3v) is 2.48. The monoisotopic (exact) mass is 243 g/mol. The molecule has 88 valence electrons. The Morgan fingerprint density at radius 2 is 1.81 bits per heavy atom. The van der Waals surface area contributed by atoms with Crippen molar-refractivity contribution in [2.75, 3.05) is 27.8 Å². The third kappa shape index (κ3) is 2.65. The average Bonchev–Trinajstić information content (AvgIpc) is 2.29. The Bertz CT molecular complexity index is 368. The molecule has 0 aromatic heterocycles. The second kappa shape index (κ2) is 5.72. The number of hydrogen-bond acceptors (Lipinski definition) is 4. The van der Waals surface area contributed by atoms with Gasteiger partial charge < -0.3 is 14.8 Å². The molecular formula is C11H14ClNO3. The highest BCUT2D eigenvalue weighted by Gasteiger charge is 2.14. The highest BCUT2D eigenvalue weighted by Crippen LogP contribution is 2.35. The predicted octanol–water partition coefficient (Wildman–Crippen LogP) is 1.76. The number of methoxy groups -OCH3 is 2. The number of nitrogens with one attached hydrogen (secondary N) is 1. The lowest BCUT2D eigenvalue weighted by Crippen LogP contribution is -2.18. The van der Waals surface area contributed by atoms with E-state index in [9.17, 15) is 4.79 Å². The molecule has 0 aliphatic heterocycles. The number of Topliss-reactive ketones (excluding diaryl/α,β-unsaturated/α-hetero) is 1. The first-order valence-corrected chi connectivity index (χ1v) is 5.11. The summed E-state index contributed by atoms with van der Waals surface area (Å²) >= 11 is 5.99. The van der Waals surface area contributed by atoms with Gasteiger partial charge in [0.05, 0.1) is 20.8 Å². The quantitative estimate of drug-likeness (QED) is 0.801. The number of hydrogen-bond donors (Lipinski definition) is 1. The molecule has 0 saturated heterocycles. The maximum atomic E-state index is 11.7. The van der Waals surface area contributed by atoms with Crippen LogP contribution in [0, 0.1) is 0 Å². The number of rotatable bonds is 5. The van der Waals surface area contributed by atoms with Crippen molar-refractivity contribution in [2.24, 2.45) is 0 Å². The first-order chi connectivity index (χ1) is 7.63. The highest BCUT2D eigenvalue weighted by atomic mass is 35.5. The maximum absolute atomic E-state index is 11.7. The van der Waals surface area contributed by atoms with Crippen LogP contribution in [0.3, 0.4) is 0 Å². The number of ketones is 1. The van der Waals surface area contributed by atoms with Gasteiger partial charge in [0, 0.05) is 5.56 Å². The van der Waals surface area contributed by atoms with Crippen LogP contribution in [-0.2, 0) is 0 Å². The van der Waals surface area contributed by atoms with E-state index in [1.165, 1.54) is 14.2 Å². The topological polar surface area (TPSA) is 47.6 Å². The van der Waals surface area contributed by atoms with Crippen molar-refractivity contribution in [1.29, 1.82) is 0 Å². The van der Waals surface area contributed by atoms with Crippen LogP contribution in [0.4, 0.5) is 0 Å². The number of carbonyl (C=O) groups is 1. The Balaban J connectivity index is 3.16. The van der Waals surface area contributed by atoms with E-state index in [2.05, 4.69) is 5.32 Å². The van der Waals surface area contributed by atoms with Gasteiger partial charge in [-0.3, -0.25) is 4.79 Å². The van der Waals surface area contributed by atoms with Crippen LogP contribution in [0.2, 0.25) is 5.02 Å².